The van der Waals surface area contributed by atoms with Gasteiger partial charge in [-0.25, -0.2) is 4.98 Å². The Kier molecular flexibility index (Phi) is 2.49. The van der Waals surface area contributed by atoms with Gasteiger partial charge in [0.05, 0.1) is 11.0 Å². The first-order chi connectivity index (χ1) is 10.1. The molecule has 0 bridgehead atoms. The van der Waals surface area contributed by atoms with Gasteiger partial charge in [0.15, 0.2) is 0 Å². The van der Waals surface area contributed by atoms with E-state index in [1.54, 1.807) is 16.9 Å². The zero-order valence-corrected chi connectivity index (χ0v) is 12.2. The Hall–Kier alpha value is -2.47. The molecule has 4 aromatic rings. The van der Waals surface area contributed by atoms with Gasteiger partial charge in [0.2, 0.25) is 0 Å². The number of hydrogen-bond acceptors (Lipinski definition) is 4. The maximum Gasteiger partial charge on any atom is 0.255 e. The van der Waals surface area contributed by atoms with Crippen LogP contribution < -0.4 is 0 Å². The third-order valence-electron chi connectivity index (χ3n) is 3.61. The normalized spacial score (nSPS) is 11.6. The van der Waals surface area contributed by atoms with Gasteiger partial charge in [-0.15, -0.1) is 0 Å². The highest BCUT2D eigenvalue weighted by Crippen LogP contribution is 2.23. The highest BCUT2D eigenvalue weighted by atomic mass is 35.5. The molecule has 7 heteroatoms. The van der Waals surface area contributed by atoms with Crippen molar-refractivity contribution in [2.75, 3.05) is 0 Å². The lowest BCUT2D eigenvalue weighted by Gasteiger charge is -2.07. The summed E-state index contributed by atoms with van der Waals surface area (Å²) in [5, 5.41) is 4.57. The molecular weight excluding hydrogens is 288 g/mol. The van der Waals surface area contributed by atoms with Gasteiger partial charge >= 0.3 is 0 Å². The van der Waals surface area contributed by atoms with E-state index in [0.29, 0.717) is 10.9 Å². The summed E-state index contributed by atoms with van der Waals surface area (Å²) in [5.41, 5.74) is 4.35. The Morgan fingerprint density at radius 3 is 2.71 bits per heavy atom. The molecule has 0 saturated carbocycles. The predicted molar refractivity (Wildman–Crippen MR) is 79.9 cm³/mol. The van der Waals surface area contributed by atoms with Crippen LogP contribution in [0, 0.1) is 13.8 Å². The van der Waals surface area contributed by atoms with Crippen LogP contribution in [-0.4, -0.2) is 29.1 Å². The summed E-state index contributed by atoms with van der Waals surface area (Å²) in [6.07, 6.45) is 3.22. The summed E-state index contributed by atoms with van der Waals surface area (Å²) < 4.78 is 3.58. The summed E-state index contributed by atoms with van der Waals surface area (Å²) in [4.78, 5) is 12.7. The van der Waals surface area contributed by atoms with Crippen molar-refractivity contribution in [3.05, 3.63) is 47.1 Å². The van der Waals surface area contributed by atoms with Gasteiger partial charge in [-0.05, 0) is 37.1 Å². The zero-order chi connectivity index (χ0) is 14.6. The summed E-state index contributed by atoms with van der Waals surface area (Å²) in [5.74, 6) is 1.22. The van der Waals surface area contributed by atoms with E-state index >= 15 is 0 Å². The molecule has 0 aliphatic rings. The average Bonchev–Trinajstić information content (AvgIpc) is 3.05. The standard InChI is InChI=1S/C14H11ClN6/c1-8-3-10-11(4-9(8)2)20(7-17-10)13-5-12(15)19-14-16-6-18-21(13)14/h3-7H,1-2H3. The second-order valence-electron chi connectivity index (χ2n) is 4.95. The van der Waals surface area contributed by atoms with Gasteiger partial charge in [-0.3, -0.25) is 4.57 Å². The number of fused-ring (bicyclic) bond motifs is 2. The maximum absolute atomic E-state index is 6.08. The quantitative estimate of drug-likeness (QED) is 0.507. The van der Waals surface area contributed by atoms with Crippen LogP contribution in [0.2, 0.25) is 5.15 Å². The second-order valence-corrected chi connectivity index (χ2v) is 5.34. The molecule has 0 N–H and O–H groups in total. The van der Waals surface area contributed by atoms with Crippen LogP contribution in [0.25, 0.3) is 22.6 Å². The topological polar surface area (TPSA) is 60.9 Å². The van der Waals surface area contributed by atoms with Gasteiger partial charge in [0, 0.05) is 6.07 Å². The number of benzene rings is 1. The smallest absolute Gasteiger partial charge is 0.255 e. The average molecular weight is 299 g/mol. The monoisotopic (exact) mass is 298 g/mol. The lowest BCUT2D eigenvalue weighted by molar-refractivity contribution is 0.864. The van der Waals surface area contributed by atoms with E-state index < -0.39 is 0 Å². The van der Waals surface area contributed by atoms with Gasteiger partial charge in [0.1, 0.15) is 23.6 Å². The van der Waals surface area contributed by atoms with Crippen molar-refractivity contribution < 1.29 is 0 Å². The number of hydrogen-bond donors (Lipinski definition) is 0. The molecule has 6 nitrogen and oxygen atoms in total. The van der Waals surface area contributed by atoms with Crippen LogP contribution in [0.15, 0.2) is 30.9 Å². The minimum Gasteiger partial charge on any atom is -0.283 e. The largest absolute Gasteiger partial charge is 0.283 e. The summed E-state index contributed by atoms with van der Waals surface area (Å²) in [7, 11) is 0. The molecule has 21 heavy (non-hydrogen) atoms. The molecule has 3 heterocycles. The van der Waals surface area contributed by atoms with Crippen LogP contribution >= 0.6 is 11.6 Å². The third-order valence-corrected chi connectivity index (χ3v) is 3.80. The van der Waals surface area contributed by atoms with Crippen molar-refractivity contribution in [1.82, 2.24) is 29.1 Å². The van der Waals surface area contributed by atoms with Gasteiger partial charge < -0.3 is 0 Å². The van der Waals surface area contributed by atoms with E-state index in [0.717, 1.165) is 16.9 Å². The predicted octanol–water partition coefficient (Wildman–Crippen LogP) is 2.73. The maximum atomic E-state index is 6.08. The molecule has 0 atom stereocenters. The first kappa shape index (κ1) is 12.3. The molecule has 0 amide bonds. The van der Waals surface area contributed by atoms with Crippen LogP contribution in [-0.2, 0) is 0 Å². The van der Waals surface area contributed by atoms with E-state index in [9.17, 15) is 0 Å². The van der Waals surface area contributed by atoms with Crippen molar-refractivity contribution in [1.29, 1.82) is 0 Å². The Bertz CT molecular complexity index is 984. The number of aromatic nitrogens is 6. The highest BCUT2D eigenvalue weighted by Gasteiger charge is 2.12. The fraction of sp³-hybridized carbons (Fsp3) is 0.143. The highest BCUT2D eigenvalue weighted by molar-refractivity contribution is 6.29. The lowest BCUT2D eigenvalue weighted by Crippen LogP contribution is -2.04. The molecule has 0 unspecified atom stereocenters. The van der Waals surface area contributed by atoms with Gasteiger partial charge in [0.25, 0.3) is 5.78 Å². The second kappa shape index (κ2) is 4.26. The molecule has 4 rings (SSSR count). The molecule has 0 aliphatic heterocycles. The molecular formula is C14H11ClN6. The first-order valence-corrected chi connectivity index (χ1v) is 6.82. The van der Waals surface area contributed by atoms with Crippen LogP contribution in [0.4, 0.5) is 0 Å². The Morgan fingerprint density at radius 1 is 1.05 bits per heavy atom. The number of nitrogens with zero attached hydrogens (tertiary/aromatic N) is 6. The van der Waals surface area contributed by atoms with Gasteiger partial charge in [-0.2, -0.15) is 19.6 Å². The molecule has 3 aromatic heterocycles. The van der Waals surface area contributed by atoms with Crippen molar-refractivity contribution in [3.63, 3.8) is 0 Å². The minimum atomic E-state index is 0.371. The molecule has 0 spiro atoms. The Morgan fingerprint density at radius 2 is 1.86 bits per heavy atom. The van der Waals surface area contributed by atoms with Crippen molar-refractivity contribution in [2.24, 2.45) is 0 Å². The summed E-state index contributed by atoms with van der Waals surface area (Å²) in [6.45, 7) is 4.16. The fourth-order valence-corrected chi connectivity index (χ4v) is 2.56. The van der Waals surface area contributed by atoms with Crippen molar-refractivity contribution in [3.8, 4) is 5.82 Å². The van der Waals surface area contributed by atoms with Crippen LogP contribution in [0.1, 0.15) is 11.1 Å². The molecule has 1 aromatic carbocycles. The number of halogens is 1. The third kappa shape index (κ3) is 1.80. The van der Waals surface area contributed by atoms with E-state index in [2.05, 4.69) is 46.0 Å². The number of imidazole rings is 1. The van der Waals surface area contributed by atoms with E-state index in [1.807, 2.05) is 4.57 Å². The lowest BCUT2D eigenvalue weighted by atomic mass is 10.1. The van der Waals surface area contributed by atoms with Crippen LogP contribution in [0.3, 0.4) is 0 Å². The van der Waals surface area contributed by atoms with E-state index in [-0.39, 0.29) is 0 Å². The van der Waals surface area contributed by atoms with Crippen molar-refractivity contribution in [2.45, 2.75) is 13.8 Å². The number of aryl methyl sites for hydroxylation is 2. The van der Waals surface area contributed by atoms with E-state index in [1.165, 1.54) is 17.5 Å². The Balaban J connectivity index is 2.09. The summed E-state index contributed by atoms with van der Waals surface area (Å²) in [6, 6.07) is 5.93. The molecule has 0 fully saturated rings. The first-order valence-electron chi connectivity index (χ1n) is 6.44. The summed E-state index contributed by atoms with van der Waals surface area (Å²) >= 11 is 6.08. The zero-order valence-electron chi connectivity index (χ0n) is 11.4. The van der Waals surface area contributed by atoms with Gasteiger partial charge in [-0.1, -0.05) is 11.6 Å². The number of rotatable bonds is 1. The minimum absolute atomic E-state index is 0.371. The molecule has 0 radical (unpaired) electrons. The molecule has 0 aliphatic carbocycles. The fourth-order valence-electron chi connectivity index (χ4n) is 2.39. The SMILES string of the molecule is Cc1cc2ncn(-c3cc(Cl)nc4ncnn34)c2cc1C. The molecule has 104 valence electrons. The van der Waals surface area contributed by atoms with E-state index in [4.69, 9.17) is 11.6 Å². The Labute approximate surface area is 125 Å². The molecule has 0 saturated heterocycles. The van der Waals surface area contributed by atoms with Crippen molar-refractivity contribution >= 4 is 28.4 Å². The van der Waals surface area contributed by atoms with Crippen LogP contribution in [0.5, 0.6) is 0 Å².